The first-order valence-electron chi connectivity index (χ1n) is 20.4. The summed E-state index contributed by atoms with van der Waals surface area (Å²) in [4.78, 5) is 34.9. The summed E-state index contributed by atoms with van der Waals surface area (Å²) in [5.74, 6) is -0.945. The zero-order valence-electron chi connectivity index (χ0n) is 32.8. The number of ether oxygens (including phenoxy) is 2. The number of carbonyl (C=O) groups is 2. The molecule has 1 unspecified atom stereocenters. The summed E-state index contributed by atoms with van der Waals surface area (Å²) in [6.45, 7) is 2.30. The number of carbonyl (C=O) groups excluding carboxylic acids is 2. The number of hydrogen-bond donors (Lipinski definition) is 3. The highest BCUT2D eigenvalue weighted by Crippen LogP contribution is 2.43. The maximum absolute atomic E-state index is 12.5. The molecule has 0 aromatic rings. The smallest absolute Gasteiger partial charge is 0.462 e. The van der Waals surface area contributed by atoms with Crippen LogP contribution in [0.4, 0.5) is 0 Å². The van der Waals surface area contributed by atoms with Crippen LogP contribution in [-0.4, -0.2) is 65.7 Å². The average molecular weight is 759 g/mol. The molecular formula is C41H75O10P. The molecule has 0 saturated heterocycles. The van der Waals surface area contributed by atoms with Crippen molar-refractivity contribution < 1.29 is 47.8 Å². The number of esters is 2. The Morgan fingerprint density at radius 1 is 0.577 bits per heavy atom. The van der Waals surface area contributed by atoms with Gasteiger partial charge < -0.3 is 24.6 Å². The summed E-state index contributed by atoms with van der Waals surface area (Å²) < 4.78 is 32.6. The number of phosphoric acid groups is 1. The van der Waals surface area contributed by atoms with Crippen LogP contribution in [0.15, 0.2) is 36.5 Å². The molecule has 11 heteroatoms. The molecule has 0 heterocycles. The van der Waals surface area contributed by atoms with Gasteiger partial charge in [0, 0.05) is 12.8 Å². The Morgan fingerprint density at radius 2 is 1.00 bits per heavy atom. The van der Waals surface area contributed by atoms with Crippen molar-refractivity contribution in [1.29, 1.82) is 0 Å². The largest absolute Gasteiger partial charge is 0.472 e. The number of rotatable bonds is 38. The van der Waals surface area contributed by atoms with Crippen molar-refractivity contribution in [2.45, 2.75) is 187 Å². The van der Waals surface area contributed by atoms with Gasteiger partial charge >= 0.3 is 19.8 Å². The first-order valence-corrected chi connectivity index (χ1v) is 21.9. The highest BCUT2D eigenvalue weighted by Gasteiger charge is 2.27. The molecule has 0 aliphatic rings. The van der Waals surface area contributed by atoms with Crippen molar-refractivity contribution >= 4 is 19.8 Å². The Kier molecular flexibility index (Phi) is 36.2. The van der Waals surface area contributed by atoms with Gasteiger partial charge in [-0.25, -0.2) is 4.57 Å². The Morgan fingerprint density at radius 3 is 1.50 bits per heavy atom. The molecule has 0 saturated carbocycles. The number of unbranched alkanes of at least 4 members (excludes halogenated alkanes) is 18. The van der Waals surface area contributed by atoms with E-state index in [1.54, 1.807) is 0 Å². The summed E-state index contributed by atoms with van der Waals surface area (Å²) >= 11 is 0. The molecule has 0 aromatic carbocycles. The van der Waals surface area contributed by atoms with Crippen LogP contribution in [-0.2, 0) is 32.7 Å². The first kappa shape index (κ1) is 50.2. The van der Waals surface area contributed by atoms with Crippen molar-refractivity contribution in [2.24, 2.45) is 0 Å². The molecule has 0 aliphatic carbocycles. The van der Waals surface area contributed by atoms with Crippen LogP contribution in [0.5, 0.6) is 0 Å². The predicted molar refractivity (Wildman–Crippen MR) is 210 cm³/mol. The van der Waals surface area contributed by atoms with Crippen LogP contribution in [0.1, 0.15) is 174 Å². The van der Waals surface area contributed by atoms with Gasteiger partial charge in [-0.05, 0) is 70.6 Å². The monoisotopic (exact) mass is 759 g/mol. The molecule has 0 radical (unpaired) electrons. The molecule has 0 spiro atoms. The van der Waals surface area contributed by atoms with E-state index in [1.807, 2.05) is 0 Å². The van der Waals surface area contributed by atoms with Crippen molar-refractivity contribution in [3.8, 4) is 0 Å². The Balaban J connectivity index is 4.33. The normalized spacial score (nSPS) is 14.3. The van der Waals surface area contributed by atoms with Crippen LogP contribution in [0.25, 0.3) is 0 Å². The fraction of sp³-hybridized carbons (Fsp3) is 0.805. The van der Waals surface area contributed by atoms with E-state index in [0.29, 0.717) is 12.8 Å². The predicted octanol–water partition coefficient (Wildman–Crippen LogP) is 10.4. The molecular weight excluding hydrogens is 683 g/mol. The van der Waals surface area contributed by atoms with Gasteiger partial charge in [0.2, 0.25) is 0 Å². The van der Waals surface area contributed by atoms with E-state index >= 15 is 0 Å². The molecule has 0 aliphatic heterocycles. The lowest BCUT2D eigenvalue weighted by atomic mass is 10.1. The third-order valence-electron chi connectivity index (χ3n) is 8.52. The lowest BCUT2D eigenvalue weighted by Gasteiger charge is -2.20. The molecule has 0 amide bonds. The maximum atomic E-state index is 12.5. The van der Waals surface area contributed by atoms with Gasteiger partial charge in [-0.15, -0.1) is 0 Å². The standard InChI is InChI=1S/C41H75O10P/c1-3-5-7-9-11-13-15-17-18-19-20-21-23-24-26-28-30-32-40(44)48-36-39(37-50-52(46,47)49-35-38(43)34-42)51-41(45)33-31-29-27-25-22-16-14-12-10-8-6-4-2/h11-14,17-18,38-39,42-43H,3-10,15-16,19-37H2,1-2H3,(H,46,47)/b13-11-,14-12-,18-17-/t38-,39+/m0/s1. The van der Waals surface area contributed by atoms with E-state index in [0.717, 1.165) is 70.6 Å². The highest BCUT2D eigenvalue weighted by atomic mass is 31.2. The van der Waals surface area contributed by atoms with Crippen LogP contribution in [0.3, 0.4) is 0 Å². The van der Waals surface area contributed by atoms with Crippen molar-refractivity contribution in [3.05, 3.63) is 36.5 Å². The molecule has 3 N–H and O–H groups in total. The Bertz CT molecular complexity index is 967. The van der Waals surface area contributed by atoms with Crippen molar-refractivity contribution in [2.75, 3.05) is 26.4 Å². The van der Waals surface area contributed by atoms with Gasteiger partial charge in [0.1, 0.15) is 12.7 Å². The summed E-state index contributed by atoms with van der Waals surface area (Å²) in [7, 11) is -4.62. The SMILES string of the molecule is CCCCC/C=C\C/C=C\CCCCCCCCCC(=O)OC[C@H](COP(=O)(O)OC[C@@H](O)CO)OC(=O)CCCCCCC/C=C\CCCCC. The van der Waals surface area contributed by atoms with Crippen LogP contribution < -0.4 is 0 Å². The van der Waals surface area contributed by atoms with Crippen LogP contribution >= 0.6 is 7.82 Å². The van der Waals surface area contributed by atoms with Gasteiger partial charge in [0.25, 0.3) is 0 Å². The zero-order valence-corrected chi connectivity index (χ0v) is 33.7. The quantitative estimate of drug-likeness (QED) is 0.0240. The van der Waals surface area contributed by atoms with E-state index in [2.05, 4.69) is 54.8 Å². The summed E-state index contributed by atoms with van der Waals surface area (Å²) in [5.41, 5.74) is 0. The van der Waals surface area contributed by atoms with Gasteiger partial charge in [0.05, 0.1) is 19.8 Å². The average Bonchev–Trinajstić information content (AvgIpc) is 3.13. The second-order valence-corrected chi connectivity index (χ2v) is 15.1. The molecule has 3 atom stereocenters. The van der Waals surface area contributed by atoms with Crippen LogP contribution in [0, 0.1) is 0 Å². The lowest BCUT2D eigenvalue weighted by molar-refractivity contribution is -0.161. The molecule has 0 fully saturated rings. The first-order chi connectivity index (χ1) is 25.2. The summed E-state index contributed by atoms with van der Waals surface area (Å²) in [6.07, 6.45) is 36.8. The maximum Gasteiger partial charge on any atom is 0.472 e. The number of allylic oxidation sites excluding steroid dienone is 6. The second kappa shape index (κ2) is 37.5. The van der Waals surface area contributed by atoms with E-state index in [1.165, 1.54) is 64.2 Å². The summed E-state index contributed by atoms with van der Waals surface area (Å²) in [6, 6.07) is 0. The minimum atomic E-state index is -4.62. The Labute approximate surface area is 316 Å². The summed E-state index contributed by atoms with van der Waals surface area (Å²) in [5, 5.41) is 18.3. The van der Waals surface area contributed by atoms with E-state index in [9.17, 15) is 24.2 Å². The minimum Gasteiger partial charge on any atom is -0.462 e. The van der Waals surface area contributed by atoms with E-state index < -0.39 is 51.8 Å². The number of aliphatic hydroxyl groups excluding tert-OH is 2. The lowest BCUT2D eigenvalue weighted by Crippen LogP contribution is -2.29. The van der Waals surface area contributed by atoms with Gasteiger partial charge in [0.15, 0.2) is 6.10 Å². The third-order valence-corrected chi connectivity index (χ3v) is 9.47. The molecule has 0 rings (SSSR count). The molecule has 0 aromatic heterocycles. The van der Waals surface area contributed by atoms with Gasteiger partial charge in [-0.3, -0.25) is 18.6 Å². The number of phosphoric ester groups is 1. The molecule has 10 nitrogen and oxygen atoms in total. The van der Waals surface area contributed by atoms with Crippen molar-refractivity contribution in [3.63, 3.8) is 0 Å². The van der Waals surface area contributed by atoms with Crippen LogP contribution in [0.2, 0.25) is 0 Å². The number of hydrogen-bond acceptors (Lipinski definition) is 9. The highest BCUT2D eigenvalue weighted by molar-refractivity contribution is 7.47. The minimum absolute atomic E-state index is 0.172. The number of aliphatic hydroxyl groups is 2. The van der Waals surface area contributed by atoms with E-state index in [-0.39, 0.29) is 19.4 Å². The molecule has 0 bridgehead atoms. The molecule has 52 heavy (non-hydrogen) atoms. The second-order valence-electron chi connectivity index (χ2n) is 13.7. The topological polar surface area (TPSA) is 149 Å². The zero-order chi connectivity index (χ0) is 38.4. The third kappa shape index (κ3) is 36.5. The van der Waals surface area contributed by atoms with Gasteiger partial charge in [-0.2, -0.15) is 0 Å². The van der Waals surface area contributed by atoms with E-state index in [4.69, 9.17) is 19.1 Å². The van der Waals surface area contributed by atoms with Crippen molar-refractivity contribution in [1.82, 2.24) is 0 Å². The van der Waals surface area contributed by atoms with Gasteiger partial charge in [-0.1, -0.05) is 127 Å². The molecule has 304 valence electrons. The fourth-order valence-corrected chi connectivity index (χ4v) is 6.10. The Hall–Kier alpha value is -1.81. The fourth-order valence-electron chi connectivity index (χ4n) is 5.31.